The Hall–Kier alpha value is -5.15. The van der Waals surface area contributed by atoms with Gasteiger partial charge in [0.05, 0.1) is 11.4 Å². The average molecular weight is 690 g/mol. The number of ether oxygens (including phenoxy) is 4. The highest BCUT2D eigenvalue weighted by atomic mass is 16.6. The molecule has 272 valence electrons. The van der Waals surface area contributed by atoms with Crippen molar-refractivity contribution in [1.29, 1.82) is 0 Å². The number of nitrogens with one attached hydrogen (secondary N) is 1. The number of amides is 5. The van der Waals surface area contributed by atoms with Crippen LogP contribution < -0.4 is 21.7 Å². The lowest BCUT2D eigenvalue weighted by atomic mass is 10.0. The summed E-state index contributed by atoms with van der Waals surface area (Å²) in [6.45, 7) is 20.8. The molecule has 49 heavy (non-hydrogen) atoms. The van der Waals surface area contributed by atoms with Crippen LogP contribution in [0.2, 0.25) is 0 Å². The van der Waals surface area contributed by atoms with Crippen molar-refractivity contribution in [3.63, 3.8) is 0 Å². The van der Waals surface area contributed by atoms with Crippen LogP contribution in [0.4, 0.5) is 24.9 Å². The first-order valence-corrected chi connectivity index (χ1v) is 15.3. The van der Waals surface area contributed by atoms with Gasteiger partial charge in [0.2, 0.25) is 17.8 Å². The van der Waals surface area contributed by atoms with Crippen LogP contribution >= 0.6 is 0 Å². The van der Waals surface area contributed by atoms with Gasteiger partial charge in [0.25, 0.3) is 0 Å². The van der Waals surface area contributed by atoms with Crippen molar-refractivity contribution in [3.05, 3.63) is 35.4 Å². The first kappa shape index (κ1) is 41.9. The minimum absolute atomic E-state index is 0.00874. The largest absolute Gasteiger partial charge is 0.443 e. The van der Waals surface area contributed by atoms with Gasteiger partial charge in [-0.1, -0.05) is 12.1 Å². The molecule has 16 heteroatoms. The summed E-state index contributed by atoms with van der Waals surface area (Å²) in [6, 6.07) is 5.74. The summed E-state index contributed by atoms with van der Waals surface area (Å²) in [4.78, 5) is 74.7. The molecule has 0 unspecified atom stereocenters. The van der Waals surface area contributed by atoms with Gasteiger partial charge in [-0.3, -0.25) is 4.79 Å². The van der Waals surface area contributed by atoms with Gasteiger partial charge in [-0.15, -0.1) is 9.98 Å². The van der Waals surface area contributed by atoms with Gasteiger partial charge >= 0.3 is 24.4 Å². The van der Waals surface area contributed by atoms with E-state index in [0.29, 0.717) is 0 Å². The first-order valence-electron chi connectivity index (χ1n) is 15.3. The Bertz CT molecular complexity index is 1520. The molecule has 0 radical (unpaired) electrons. The molecular formula is C33H51N7O9. The fourth-order valence-electron chi connectivity index (χ4n) is 3.70. The summed E-state index contributed by atoms with van der Waals surface area (Å²) < 4.78 is 21.6. The molecule has 1 rings (SSSR count). The van der Waals surface area contributed by atoms with Crippen LogP contribution in [0.15, 0.2) is 39.8 Å². The lowest BCUT2D eigenvalue weighted by molar-refractivity contribution is -0.116. The van der Waals surface area contributed by atoms with Crippen molar-refractivity contribution in [2.24, 2.45) is 21.5 Å². The zero-order valence-corrected chi connectivity index (χ0v) is 30.9. The SMILES string of the molecule is CNC(=O)C(C)=C(c1cccc(N(C(=O)OC(C)(C)C)C(N)=NC(=O)OC(C)(C)C)c1)N(C(=O)OC(C)(C)C)C(N)=NC(=O)OC(C)(C)C. The Kier molecular flexibility index (Phi) is 13.5. The molecule has 0 aliphatic rings. The van der Waals surface area contributed by atoms with Gasteiger partial charge in [-0.25, -0.2) is 29.0 Å². The van der Waals surface area contributed by atoms with E-state index in [4.69, 9.17) is 30.4 Å². The van der Waals surface area contributed by atoms with E-state index in [1.807, 2.05) is 0 Å². The Morgan fingerprint density at radius 2 is 1.10 bits per heavy atom. The van der Waals surface area contributed by atoms with Crippen LogP contribution in [0.1, 0.15) is 95.6 Å². The molecular weight excluding hydrogens is 638 g/mol. The Labute approximate surface area is 287 Å². The monoisotopic (exact) mass is 689 g/mol. The number of likely N-dealkylation sites (N-methyl/N-ethyl adjacent to an activating group) is 1. The third kappa shape index (κ3) is 14.2. The summed E-state index contributed by atoms with van der Waals surface area (Å²) >= 11 is 0. The molecule has 1 aromatic rings. The van der Waals surface area contributed by atoms with Gasteiger partial charge in [0, 0.05) is 18.2 Å². The fraction of sp³-hybridized carbons (Fsp3) is 0.545. The maximum absolute atomic E-state index is 13.8. The van der Waals surface area contributed by atoms with E-state index < -0.39 is 64.6 Å². The number of carbonyl (C=O) groups excluding carboxylic acids is 5. The quantitative estimate of drug-likeness (QED) is 0.152. The topological polar surface area (TPSA) is 218 Å². The maximum Gasteiger partial charge on any atom is 0.437 e. The second-order valence-corrected chi connectivity index (χ2v) is 14.6. The van der Waals surface area contributed by atoms with Crippen molar-refractivity contribution >= 4 is 53.6 Å². The number of benzene rings is 1. The minimum Gasteiger partial charge on any atom is -0.443 e. The number of hydrogen-bond acceptors (Lipinski definition) is 9. The third-order valence-corrected chi connectivity index (χ3v) is 5.33. The molecule has 16 nitrogen and oxygen atoms in total. The summed E-state index contributed by atoms with van der Waals surface area (Å²) in [5.74, 6) is -1.94. The van der Waals surface area contributed by atoms with Gasteiger partial charge in [0.15, 0.2) is 0 Å². The number of nitrogens with two attached hydrogens (primary N) is 2. The van der Waals surface area contributed by atoms with E-state index in [0.717, 1.165) is 9.80 Å². The summed E-state index contributed by atoms with van der Waals surface area (Å²) in [5.41, 5.74) is 8.37. The van der Waals surface area contributed by atoms with Crippen LogP contribution in [0.5, 0.6) is 0 Å². The number of carbonyl (C=O) groups is 5. The van der Waals surface area contributed by atoms with Gasteiger partial charge in [-0.2, -0.15) is 0 Å². The molecule has 0 saturated heterocycles. The maximum atomic E-state index is 13.8. The van der Waals surface area contributed by atoms with Crippen LogP contribution in [0, 0.1) is 0 Å². The zero-order valence-electron chi connectivity index (χ0n) is 30.9. The van der Waals surface area contributed by atoms with Gasteiger partial charge in [0.1, 0.15) is 22.4 Å². The lowest BCUT2D eigenvalue weighted by Gasteiger charge is -2.30. The Morgan fingerprint density at radius 3 is 1.53 bits per heavy atom. The molecule has 0 heterocycles. The Balaban J connectivity index is 4.17. The van der Waals surface area contributed by atoms with E-state index in [1.165, 1.54) is 38.2 Å². The number of aliphatic imine (C=N–C) groups is 2. The standard InChI is InChI=1S/C33H51N7O9/c1-19(23(41)36-14)22(40(29(45)49-33(11,12)13)25(35)38-27(43)47-31(5,6)7)20-16-15-17-21(18-20)39(28(44)48-32(8,9)10)24(34)37-26(42)46-30(2,3)4/h15-18H,1-14H3,(H,36,41)(H2,34,37,42)(H2,35,38,43). The number of anilines is 1. The van der Waals surface area contributed by atoms with Crippen molar-refractivity contribution in [1.82, 2.24) is 10.2 Å². The van der Waals surface area contributed by atoms with Crippen LogP contribution in [-0.4, -0.2) is 76.6 Å². The molecule has 0 saturated carbocycles. The highest BCUT2D eigenvalue weighted by molar-refractivity contribution is 6.16. The molecule has 0 atom stereocenters. The highest BCUT2D eigenvalue weighted by Gasteiger charge is 2.34. The predicted octanol–water partition coefficient (Wildman–Crippen LogP) is 5.64. The van der Waals surface area contributed by atoms with E-state index >= 15 is 0 Å². The number of rotatable bonds is 4. The second kappa shape index (κ2) is 15.8. The zero-order chi connectivity index (χ0) is 38.3. The second-order valence-electron chi connectivity index (χ2n) is 14.6. The third-order valence-electron chi connectivity index (χ3n) is 5.33. The molecule has 5 amide bonds. The molecule has 0 aliphatic carbocycles. The lowest BCUT2D eigenvalue weighted by Crippen LogP contribution is -2.46. The van der Waals surface area contributed by atoms with E-state index in [2.05, 4.69) is 15.3 Å². The molecule has 0 aliphatic heterocycles. The normalized spacial score (nSPS) is 13.4. The number of nitrogens with zero attached hydrogens (tertiary/aromatic N) is 4. The van der Waals surface area contributed by atoms with E-state index in [1.54, 1.807) is 83.1 Å². The van der Waals surface area contributed by atoms with Crippen LogP contribution in [-0.2, 0) is 23.7 Å². The van der Waals surface area contributed by atoms with E-state index in [9.17, 15) is 24.0 Å². The molecule has 0 aromatic heterocycles. The van der Waals surface area contributed by atoms with Crippen molar-refractivity contribution in [2.75, 3.05) is 11.9 Å². The van der Waals surface area contributed by atoms with Crippen LogP contribution in [0.3, 0.4) is 0 Å². The fourth-order valence-corrected chi connectivity index (χ4v) is 3.70. The predicted molar refractivity (Wildman–Crippen MR) is 186 cm³/mol. The van der Waals surface area contributed by atoms with Gasteiger partial charge < -0.3 is 35.7 Å². The van der Waals surface area contributed by atoms with Crippen LogP contribution in [0.25, 0.3) is 5.70 Å². The number of hydrogen-bond donors (Lipinski definition) is 3. The smallest absolute Gasteiger partial charge is 0.437 e. The van der Waals surface area contributed by atoms with Crippen molar-refractivity contribution < 1.29 is 42.9 Å². The molecule has 1 aromatic carbocycles. The number of guanidine groups is 2. The summed E-state index contributed by atoms with van der Waals surface area (Å²) in [6.07, 6.45) is -4.31. The van der Waals surface area contributed by atoms with Crippen molar-refractivity contribution in [2.45, 2.75) is 112 Å². The first-order chi connectivity index (χ1) is 22.0. The van der Waals surface area contributed by atoms with Crippen molar-refractivity contribution in [3.8, 4) is 0 Å². The minimum atomic E-state index is -1.12. The van der Waals surface area contributed by atoms with Gasteiger partial charge in [-0.05, 0) is 102 Å². The summed E-state index contributed by atoms with van der Waals surface area (Å²) in [5, 5.41) is 2.48. The molecule has 0 fully saturated rings. The molecule has 5 N–H and O–H groups in total. The molecule has 0 bridgehead atoms. The molecule has 0 spiro atoms. The highest BCUT2D eigenvalue weighted by Crippen LogP contribution is 2.30. The Morgan fingerprint density at radius 1 is 0.673 bits per heavy atom. The van der Waals surface area contributed by atoms with E-state index in [-0.39, 0.29) is 22.5 Å². The summed E-state index contributed by atoms with van der Waals surface area (Å²) in [7, 11) is 1.37. The average Bonchev–Trinajstić information content (AvgIpc) is 2.86.